The molecule has 0 unspecified atom stereocenters. The fourth-order valence-electron chi connectivity index (χ4n) is 1.31. The molecule has 0 N–H and O–H groups in total. The molecule has 0 aromatic heterocycles. The zero-order chi connectivity index (χ0) is 7.23. The molecule has 0 spiro atoms. The fourth-order valence-corrected chi connectivity index (χ4v) is 1.31. The number of hydrogen-bond donors (Lipinski definition) is 0. The molecule has 0 amide bonds. The molecule has 0 radical (unpaired) electrons. The summed E-state index contributed by atoms with van der Waals surface area (Å²) in [6.45, 7) is 1.73. The van der Waals surface area contributed by atoms with Crippen LogP contribution in [0.4, 0.5) is 0 Å². The highest BCUT2D eigenvalue weighted by Crippen LogP contribution is 2.09. The van der Waals surface area contributed by atoms with E-state index < -0.39 is 0 Å². The van der Waals surface area contributed by atoms with Gasteiger partial charge in [-0.15, -0.1) is 4.91 Å². The average molecular weight is 142 g/mol. The smallest absolute Gasteiger partial charge is 0.0523 e. The van der Waals surface area contributed by atoms with Crippen LogP contribution in [0.5, 0.6) is 0 Å². The first-order valence-corrected chi connectivity index (χ1v) is 4.02. The van der Waals surface area contributed by atoms with Crippen LogP contribution >= 0.6 is 0 Å². The Morgan fingerprint density at radius 3 is 1.90 bits per heavy atom. The molecule has 1 heterocycles. The molecule has 0 aromatic rings. The van der Waals surface area contributed by atoms with Crippen molar-refractivity contribution in [3.63, 3.8) is 0 Å². The lowest BCUT2D eigenvalue weighted by Gasteiger charge is -2.17. The molecule has 1 aliphatic heterocycles. The molecular weight excluding hydrogens is 128 g/mol. The summed E-state index contributed by atoms with van der Waals surface area (Å²) < 4.78 is 0. The predicted molar refractivity (Wildman–Crippen MR) is 40.5 cm³/mol. The minimum Gasteiger partial charge on any atom is -0.261 e. The lowest BCUT2D eigenvalue weighted by atomic mass is 10.1. The number of nitrogens with zero attached hydrogens (tertiary/aromatic N) is 2. The molecule has 0 saturated carbocycles. The van der Waals surface area contributed by atoms with Crippen molar-refractivity contribution >= 4 is 0 Å². The molecule has 58 valence electrons. The van der Waals surface area contributed by atoms with Gasteiger partial charge in [-0.05, 0) is 12.8 Å². The lowest BCUT2D eigenvalue weighted by Crippen LogP contribution is -2.20. The van der Waals surface area contributed by atoms with Crippen molar-refractivity contribution in [2.45, 2.75) is 32.1 Å². The van der Waals surface area contributed by atoms with Crippen molar-refractivity contribution in [2.75, 3.05) is 13.1 Å². The highest BCUT2D eigenvalue weighted by atomic mass is 16.3. The van der Waals surface area contributed by atoms with E-state index in [1.54, 1.807) is 5.01 Å². The molecule has 3 heteroatoms. The summed E-state index contributed by atoms with van der Waals surface area (Å²) in [5.74, 6) is 0. The third-order valence-electron chi connectivity index (χ3n) is 1.95. The molecule has 10 heavy (non-hydrogen) atoms. The second-order valence-electron chi connectivity index (χ2n) is 2.80. The third kappa shape index (κ3) is 2.33. The molecular formula is C7H14N2O. The van der Waals surface area contributed by atoms with Gasteiger partial charge in [0, 0.05) is 13.1 Å². The van der Waals surface area contributed by atoms with Crippen molar-refractivity contribution in [3.05, 3.63) is 4.91 Å². The van der Waals surface area contributed by atoms with Crippen LogP contribution in [0.2, 0.25) is 0 Å². The number of hydrogen-bond acceptors (Lipinski definition) is 2. The third-order valence-corrected chi connectivity index (χ3v) is 1.95. The summed E-state index contributed by atoms with van der Waals surface area (Å²) in [5.41, 5.74) is 0. The SMILES string of the molecule is O=NN1CCCCCCC1. The minimum absolute atomic E-state index is 0.865. The summed E-state index contributed by atoms with van der Waals surface area (Å²) >= 11 is 0. The van der Waals surface area contributed by atoms with Crippen LogP contribution < -0.4 is 0 Å². The highest BCUT2D eigenvalue weighted by Gasteiger charge is 2.04. The zero-order valence-corrected chi connectivity index (χ0v) is 6.25. The topological polar surface area (TPSA) is 32.7 Å². The van der Waals surface area contributed by atoms with Gasteiger partial charge in [0.05, 0.1) is 5.29 Å². The maximum Gasteiger partial charge on any atom is 0.0523 e. The van der Waals surface area contributed by atoms with Gasteiger partial charge < -0.3 is 0 Å². The Labute approximate surface area is 61.3 Å². The zero-order valence-electron chi connectivity index (χ0n) is 6.25. The monoisotopic (exact) mass is 142 g/mol. The van der Waals surface area contributed by atoms with E-state index in [1.807, 2.05) is 0 Å². The Balaban J connectivity index is 2.22. The average Bonchev–Trinajstić information content (AvgIpc) is 1.87. The van der Waals surface area contributed by atoms with E-state index in [-0.39, 0.29) is 0 Å². The van der Waals surface area contributed by atoms with E-state index in [0.717, 1.165) is 25.9 Å². The fraction of sp³-hybridized carbons (Fsp3) is 1.00. The van der Waals surface area contributed by atoms with Crippen LogP contribution in [0.3, 0.4) is 0 Å². The molecule has 0 aliphatic carbocycles. The Kier molecular flexibility index (Phi) is 3.19. The molecule has 1 saturated heterocycles. The standard InChI is InChI=1S/C7H14N2O/c10-8-9-6-4-2-1-3-5-7-9/h1-7H2. The van der Waals surface area contributed by atoms with Gasteiger partial charge >= 0.3 is 0 Å². The summed E-state index contributed by atoms with van der Waals surface area (Å²) in [6, 6.07) is 0. The number of rotatable bonds is 1. The van der Waals surface area contributed by atoms with Crippen molar-refractivity contribution in [2.24, 2.45) is 5.29 Å². The lowest BCUT2D eigenvalue weighted by molar-refractivity contribution is 0.255. The van der Waals surface area contributed by atoms with Gasteiger partial charge in [-0.25, -0.2) is 0 Å². The van der Waals surface area contributed by atoms with Crippen LogP contribution in [-0.4, -0.2) is 18.1 Å². The molecule has 0 aromatic carbocycles. The van der Waals surface area contributed by atoms with Crippen molar-refractivity contribution in [3.8, 4) is 0 Å². The van der Waals surface area contributed by atoms with Gasteiger partial charge in [-0.1, -0.05) is 19.3 Å². The van der Waals surface area contributed by atoms with E-state index in [4.69, 9.17) is 0 Å². The Morgan fingerprint density at radius 1 is 0.900 bits per heavy atom. The highest BCUT2D eigenvalue weighted by molar-refractivity contribution is 4.57. The Morgan fingerprint density at radius 2 is 1.40 bits per heavy atom. The van der Waals surface area contributed by atoms with Crippen molar-refractivity contribution < 1.29 is 0 Å². The molecule has 0 bridgehead atoms. The van der Waals surface area contributed by atoms with Crippen molar-refractivity contribution in [1.29, 1.82) is 0 Å². The normalized spacial score (nSPS) is 21.4. The Hall–Kier alpha value is -0.600. The summed E-state index contributed by atoms with van der Waals surface area (Å²) in [7, 11) is 0. The van der Waals surface area contributed by atoms with Gasteiger partial charge in [0.25, 0.3) is 0 Å². The van der Waals surface area contributed by atoms with Gasteiger partial charge in [0.2, 0.25) is 0 Å². The summed E-state index contributed by atoms with van der Waals surface area (Å²) in [5, 5.41) is 4.57. The van der Waals surface area contributed by atoms with E-state index >= 15 is 0 Å². The first-order chi connectivity index (χ1) is 4.93. The second kappa shape index (κ2) is 4.25. The van der Waals surface area contributed by atoms with Crippen LogP contribution in [0.25, 0.3) is 0 Å². The molecule has 0 atom stereocenters. The van der Waals surface area contributed by atoms with E-state index in [9.17, 15) is 4.91 Å². The van der Waals surface area contributed by atoms with E-state index in [1.165, 1.54) is 19.3 Å². The minimum atomic E-state index is 0.865. The van der Waals surface area contributed by atoms with Crippen LogP contribution in [0, 0.1) is 4.91 Å². The van der Waals surface area contributed by atoms with Gasteiger partial charge in [-0.2, -0.15) is 0 Å². The molecule has 1 rings (SSSR count). The maximum atomic E-state index is 10.1. The summed E-state index contributed by atoms with van der Waals surface area (Å²) in [6.07, 6.45) is 6.10. The van der Waals surface area contributed by atoms with Gasteiger partial charge in [0.15, 0.2) is 0 Å². The van der Waals surface area contributed by atoms with Crippen LogP contribution in [-0.2, 0) is 0 Å². The van der Waals surface area contributed by atoms with Crippen molar-refractivity contribution in [1.82, 2.24) is 5.01 Å². The second-order valence-corrected chi connectivity index (χ2v) is 2.80. The van der Waals surface area contributed by atoms with E-state index in [0.29, 0.717) is 0 Å². The maximum absolute atomic E-state index is 10.1. The van der Waals surface area contributed by atoms with Crippen LogP contribution in [0.15, 0.2) is 5.29 Å². The van der Waals surface area contributed by atoms with Crippen LogP contribution in [0.1, 0.15) is 32.1 Å². The predicted octanol–water partition coefficient (Wildman–Crippen LogP) is 1.93. The summed E-state index contributed by atoms with van der Waals surface area (Å²) in [4.78, 5) is 10.1. The Bertz CT molecular complexity index is 97.8. The largest absolute Gasteiger partial charge is 0.261 e. The van der Waals surface area contributed by atoms with Gasteiger partial charge in [0.1, 0.15) is 0 Å². The first-order valence-electron chi connectivity index (χ1n) is 4.02. The number of nitroso groups, excluding NO2 is 1. The van der Waals surface area contributed by atoms with E-state index in [2.05, 4.69) is 5.29 Å². The molecule has 1 aliphatic rings. The molecule has 3 nitrogen and oxygen atoms in total. The van der Waals surface area contributed by atoms with Gasteiger partial charge in [-0.3, -0.25) is 5.01 Å². The first kappa shape index (κ1) is 7.51. The molecule has 1 fully saturated rings. The quantitative estimate of drug-likeness (QED) is 0.524.